The molecule has 2 aromatic rings. The van der Waals surface area contributed by atoms with Crippen molar-refractivity contribution in [3.05, 3.63) is 53.5 Å². The summed E-state index contributed by atoms with van der Waals surface area (Å²) in [5.74, 6) is 0.379. The molecule has 0 spiro atoms. The van der Waals surface area contributed by atoms with E-state index >= 15 is 0 Å². The molecule has 1 aromatic carbocycles. The molecule has 9 heteroatoms. The first-order chi connectivity index (χ1) is 15.8. The Bertz CT molecular complexity index is 1080. The minimum Gasteiger partial charge on any atom is -0.357 e. The predicted molar refractivity (Wildman–Crippen MR) is 125 cm³/mol. The van der Waals surface area contributed by atoms with Gasteiger partial charge in [-0.25, -0.2) is 17.8 Å². The number of carbonyl (C=O) groups is 1. The van der Waals surface area contributed by atoms with Gasteiger partial charge in [-0.2, -0.15) is 4.31 Å². The summed E-state index contributed by atoms with van der Waals surface area (Å²) < 4.78 is 41.5. The van der Waals surface area contributed by atoms with Crippen LogP contribution in [0.15, 0.2) is 41.4 Å². The maximum absolute atomic E-state index is 14.4. The minimum absolute atomic E-state index is 0.110. The molecule has 0 unspecified atom stereocenters. The molecule has 0 radical (unpaired) electrons. The fourth-order valence-corrected chi connectivity index (χ4v) is 5.92. The molecule has 0 saturated carbocycles. The predicted octanol–water partition coefficient (Wildman–Crippen LogP) is 3.56. The van der Waals surface area contributed by atoms with Gasteiger partial charge in [-0.1, -0.05) is 19.4 Å². The number of carbonyl (C=O) groups excluding carboxylic acids is 1. The number of pyridine rings is 1. The molecular formula is C24H31FN4O3S. The van der Waals surface area contributed by atoms with Crippen molar-refractivity contribution in [3.63, 3.8) is 0 Å². The Morgan fingerprint density at radius 1 is 1.09 bits per heavy atom. The number of sulfonamides is 1. The van der Waals surface area contributed by atoms with E-state index in [0.29, 0.717) is 13.1 Å². The molecule has 0 aliphatic carbocycles. The highest BCUT2D eigenvalue weighted by molar-refractivity contribution is 7.89. The number of aromatic nitrogens is 1. The van der Waals surface area contributed by atoms with Crippen molar-refractivity contribution >= 4 is 21.7 Å². The normalized spacial score (nSPS) is 18.3. The first-order valence-corrected chi connectivity index (χ1v) is 13.1. The van der Waals surface area contributed by atoms with E-state index in [0.717, 1.165) is 74.6 Å². The Kier molecular flexibility index (Phi) is 7.29. The Balaban J connectivity index is 1.40. The number of piperidine rings is 2. The number of hydrogen-bond acceptors (Lipinski definition) is 5. The SMILES string of the molecule is CC1CCN(c2ccc(CNC(=O)c3ccc(F)c(S(=O)(=O)N4CCCCC4)c3)cn2)CC1. The summed E-state index contributed by atoms with van der Waals surface area (Å²) in [5.41, 5.74) is 0.944. The smallest absolute Gasteiger partial charge is 0.251 e. The topological polar surface area (TPSA) is 82.6 Å². The molecule has 1 amide bonds. The third-order valence-electron chi connectivity index (χ3n) is 6.50. The molecule has 2 fully saturated rings. The second-order valence-corrected chi connectivity index (χ2v) is 10.9. The van der Waals surface area contributed by atoms with Crippen molar-refractivity contribution in [2.24, 2.45) is 5.92 Å². The second-order valence-electron chi connectivity index (χ2n) is 8.99. The van der Waals surface area contributed by atoms with Crippen LogP contribution in [0.25, 0.3) is 0 Å². The van der Waals surface area contributed by atoms with Crippen LogP contribution in [0.3, 0.4) is 0 Å². The van der Waals surface area contributed by atoms with Crippen molar-refractivity contribution < 1.29 is 17.6 Å². The van der Waals surface area contributed by atoms with E-state index < -0.39 is 26.6 Å². The largest absolute Gasteiger partial charge is 0.357 e. The average molecular weight is 475 g/mol. The van der Waals surface area contributed by atoms with Gasteiger partial charge in [0.1, 0.15) is 16.5 Å². The second kappa shape index (κ2) is 10.2. The van der Waals surface area contributed by atoms with Crippen LogP contribution in [0.1, 0.15) is 54.9 Å². The fourth-order valence-electron chi connectivity index (χ4n) is 4.32. The van der Waals surface area contributed by atoms with Gasteiger partial charge in [0.05, 0.1) is 0 Å². The molecule has 1 N–H and O–H groups in total. The van der Waals surface area contributed by atoms with Gasteiger partial charge in [0.15, 0.2) is 0 Å². The van der Waals surface area contributed by atoms with Gasteiger partial charge in [0.2, 0.25) is 10.0 Å². The van der Waals surface area contributed by atoms with Crippen LogP contribution in [0.5, 0.6) is 0 Å². The van der Waals surface area contributed by atoms with Crippen molar-refractivity contribution in [3.8, 4) is 0 Å². The zero-order valence-corrected chi connectivity index (χ0v) is 19.8. The molecule has 1 aromatic heterocycles. The van der Waals surface area contributed by atoms with Crippen molar-refractivity contribution in [2.45, 2.75) is 50.5 Å². The number of nitrogens with zero attached hydrogens (tertiary/aromatic N) is 3. The lowest BCUT2D eigenvalue weighted by molar-refractivity contribution is 0.0950. The Morgan fingerprint density at radius 2 is 1.82 bits per heavy atom. The van der Waals surface area contributed by atoms with E-state index in [2.05, 4.69) is 22.1 Å². The van der Waals surface area contributed by atoms with E-state index in [1.54, 1.807) is 6.20 Å². The lowest BCUT2D eigenvalue weighted by Gasteiger charge is -2.31. The van der Waals surface area contributed by atoms with Crippen LogP contribution in [0.2, 0.25) is 0 Å². The molecule has 2 aliphatic heterocycles. The molecule has 3 heterocycles. The van der Waals surface area contributed by atoms with Crippen LogP contribution in [-0.4, -0.2) is 49.8 Å². The van der Waals surface area contributed by atoms with E-state index in [9.17, 15) is 17.6 Å². The highest BCUT2D eigenvalue weighted by Crippen LogP contribution is 2.24. The maximum atomic E-state index is 14.4. The van der Waals surface area contributed by atoms with Gasteiger partial charge >= 0.3 is 0 Å². The molecule has 0 atom stereocenters. The number of nitrogens with one attached hydrogen (secondary N) is 1. The van der Waals surface area contributed by atoms with Crippen LogP contribution in [-0.2, 0) is 16.6 Å². The first-order valence-electron chi connectivity index (χ1n) is 11.6. The van der Waals surface area contributed by atoms with Crippen LogP contribution in [0.4, 0.5) is 10.2 Å². The van der Waals surface area contributed by atoms with Gasteiger partial charge in [-0.15, -0.1) is 0 Å². The summed E-state index contributed by atoms with van der Waals surface area (Å²) in [6, 6.07) is 7.36. The molecule has 2 saturated heterocycles. The molecule has 4 rings (SSSR count). The number of amides is 1. The third kappa shape index (κ3) is 5.52. The number of rotatable bonds is 6. The number of hydrogen-bond donors (Lipinski definition) is 1. The first kappa shape index (κ1) is 23.6. The average Bonchev–Trinajstić information content (AvgIpc) is 2.84. The fraction of sp³-hybridized carbons (Fsp3) is 0.500. The lowest BCUT2D eigenvalue weighted by Crippen LogP contribution is -2.36. The molecule has 7 nitrogen and oxygen atoms in total. The Labute approximate surface area is 195 Å². The van der Waals surface area contributed by atoms with Crippen LogP contribution < -0.4 is 10.2 Å². The highest BCUT2D eigenvalue weighted by atomic mass is 32.2. The zero-order valence-electron chi connectivity index (χ0n) is 19.0. The molecule has 2 aliphatic rings. The monoisotopic (exact) mass is 474 g/mol. The van der Waals surface area contributed by atoms with E-state index in [1.807, 2.05) is 12.1 Å². The van der Waals surface area contributed by atoms with Crippen LogP contribution >= 0.6 is 0 Å². The summed E-state index contributed by atoms with van der Waals surface area (Å²) in [4.78, 5) is 19.0. The standard InChI is InChI=1S/C24H31FN4O3S/c1-18-9-13-28(14-10-18)23-8-5-19(16-26-23)17-27-24(30)20-6-7-21(25)22(15-20)33(31,32)29-11-3-2-4-12-29/h5-8,15-16,18H,2-4,9-14,17H2,1H3,(H,27,30). The number of benzene rings is 1. The molecular weight excluding hydrogens is 443 g/mol. The Morgan fingerprint density at radius 3 is 2.48 bits per heavy atom. The summed E-state index contributed by atoms with van der Waals surface area (Å²) in [7, 11) is -3.97. The summed E-state index contributed by atoms with van der Waals surface area (Å²) >= 11 is 0. The van der Waals surface area contributed by atoms with Gasteiger partial charge in [-0.05, 0) is 61.4 Å². The number of anilines is 1. The highest BCUT2D eigenvalue weighted by Gasteiger charge is 2.29. The van der Waals surface area contributed by atoms with E-state index in [-0.39, 0.29) is 12.1 Å². The summed E-state index contributed by atoms with van der Waals surface area (Å²) in [6.45, 7) is 5.25. The van der Waals surface area contributed by atoms with Crippen LogP contribution in [0, 0.1) is 11.7 Å². The molecule has 0 bridgehead atoms. The van der Waals surface area contributed by atoms with Crippen molar-refractivity contribution in [1.82, 2.24) is 14.6 Å². The molecule has 178 valence electrons. The van der Waals surface area contributed by atoms with Gasteiger partial charge < -0.3 is 10.2 Å². The molecule has 33 heavy (non-hydrogen) atoms. The van der Waals surface area contributed by atoms with E-state index in [4.69, 9.17) is 0 Å². The summed E-state index contributed by atoms with van der Waals surface area (Å²) in [6.07, 6.45) is 6.53. The van der Waals surface area contributed by atoms with Crippen molar-refractivity contribution in [2.75, 3.05) is 31.1 Å². The maximum Gasteiger partial charge on any atom is 0.251 e. The minimum atomic E-state index is -3.97. The van der Waals surface area contributed by atoms with Crippen molar-refractivity contribution in [1.29, 1.82) is 0 Å². The van der Waals surface area contributed by atoms with Gasteiger partial charge in [0, 0.05) is 44.5 Å². The number of halogens is 1. The van der Waals surface area contributed by atoms with Gasteiger partial charge in [0.25, 0.3) is 5.91 Å². The summed E-state index contributed by atoms with van der Waals surface area (Å²) in [5, 5.41) is 2.77. The Hall–Kier alpha value is -2.52. The van der Waals surface area contributed by atoms with Gasteiger partial charge in [-0.3, -0.25) is 4.79 Å². The zero-order chi connectivity index (χ0) is 23.4. The lowest BCUT2D eigenvalue weighted by atomic mass is 9.99. The third-order valence-corrected chi connectivity index (χ3v) is 8.41. The quantitative estimate of drug-likeness (QED) is 0.692. The van der Waals surface area contributed by atoms with E-state index in [1.165, 1.54) is 10.4 Å².